The predicted octanol–water partition coefficient (Wildman–Crippen LogP) is 3.40. The van der Waals surface area contributed by atoms with E-state index in [0.29, 0.717) is 24.2 Å². The number of anilines is 1. The average molecular weight is 512 g/mol. The lowest BCUT2D eigenvalue weighted by molar-refractivity contribution is 0.134. The van der Waals surface area contributed by atoms with Crippen LogP contribution in [0.2, 0.25) is 0 Å². The SMILES string of the molecule is C=CC(=C)N1C[C@@H](c2nc(C#Cc3cc4ncn(C5CC5)c4cc3P)c3c(N)nccn23)CC1COC. The van der Waals surface area contributed by atoms with Crippen LogP contribution in [0.3, 0.4) is 0 Å². The molecule has 1 aliphatic carbocycles. The largest absolute Gasteiger partial charge is 0.383 e. The van der Waals surface area contributed by atoms with E-state index in [1.54, 1.807) is 19.4 Å². The standard InChI is InChI=1S/C28H30N7OP/c1-4-17(2)34-14-19(11-21(34)15-36-3)28-32-22(26-27(29)30-9-10-33(26)28)8-5-18-12-23-24(13-25(18)37)35(16-31-23)20-6-7-20/h4,9-10,12-13,16,19-21H,1-2,6-7,11,14-15,37H2,3H3,(H2,29,30)/t19-,21?/m0/s1. The smallest absolute Gasteiger partial charge is 0.150 e. The molecule has 2 aliphatic rings. The number of fused-ring (bicyclic) bond motifs is 2. The first kappa shape index (κ1) is 23.7. The van der Waals surface area contributed by atoms with Crippen LogP contribution < -0.4 is 11.0 Å². The third kappa shape index (κ3) is 4.19. The van der Waals surface area contributed by atoms with Gasteiger partial charge in [-0.25, -0.2) is 15.0 Å². The Morgan fingerprint density at radius 3 is 2.89 bits per heavy atom. The molecule has 1 aliphatic heterocycles. The molecule has 37 heavy (non-hydrogen) atoms. The summed E-state index contributed by atoms with van der Waals surface area (Å²) in [6.45, 7) is 9.45. The van der Waals surface area contributed by atoms with E-state index in [9.17, 15) is 0 Å². The number of nitrogens with zero attached hydrogens (tertiary/aromatic N) is 6. The maximum atomic E-state index is 6.34. The normalized spacial score (nSPS) is 19.4. The highest BCUT2D eigenvalue weighted by Crippen LogP contribution is 2.37. The number of aromatic nitrogens is 5. The van der Waals surface area contributed by atoms with E-state index in [4.69, 9.17) is 15.5 Å². The fourth-order valence-electron chi connectivity index (χ4n) is 5.35. The highest BCUT2D eigenvalue weighted by molar-refractivity contribution is 7.27. The molecule has 0 bridgehead atoms. The van der Waals surface area contributed by atoms with Crippen molar-refractivity contribution in [3.8, 4) is 11.8 Å². The molecule has 0 amide bonds. The maximum absolute atomic E-state index is 6.34. The molecule has 188 valence electrons. The Balaban J connectivity index is 1.39. The minimum atomic E-state index is 0.154. The molecule has 2 unspecified atom stereocenters. The first-order chi connectivity index (χ1) is 18.0. The van der Waals surface area contributed by atoms with Crippen molar-refractivity contribution >= 4 is 36.9 Å². The molecule has 3 aromatic heterocycles. The van der Waals surface area contributed by atoms with Gasteiger partial charge in [-0.15, -0.1) is 9.24 Å². The van der Waals surface area contributed by atoms with E-state index in [-0.39, 0.29) is 12.0 Å². The van der Waals surface area contributed by atoms with E-state index in [1.807, 2.05) is 16.9 Å². The maximum Gasteiger partial charge on any atom is 0.150 e. The van der Waals surface area contributed by atoms with E-state index >= 15 is 0 Å². The van der Waals surface area contributed by atoms with E-state index in [0.717, 1.165) is 51.9 Å². The summed E-state index contributed by atoms with van der Waals surface area (Å²) in [6.07, 6.45) is 10.7. The Labute approximate surface area is 218 Å². The molecule has 4 heterocycles. The Morgan fingerprint density at radius 1 is 1.30 bits per heavy atom. The van der Waals surface area contributed by atoms with Crippen LogP contribution in [0.25, 0.3) is 16.6 Å². The van der Waals surface area contributed by atoms with Crippen molar-refractivity contribution in [1.82, 2.24) is 28.8 Å². The van der Waals surface area contributed by atoms with Gasteiger partial charge in [-0.2, -0.15) is 0 Å². The van der Waals surface area contributed by atoms with Gasteiger partial charge in [0.1, 0.15) is 17.0 Å². The topological polar surface area (TPSA) is 86.5 Å². The van der Waals surface area contributed by atoms with Gasteiger partial charge in [-0.05, 0) is 48.7 Å². The lowest BCUT2D eigenvalue weighted by atomic mass is 10.1. The lowest BCUT2D eigenvalue weighted by Gasteiger charge is -2.26. The summed E-state index contributed by atoms with van der Waals surface area (Å²) in [6, 6.07) is 4.98. The summed E-state index contributed by atoms with van der Waals surface area (Å²) < 4.78 is 9.79. The van der Waals surface area contributed by atoms with Crippen LogP contribution in [0.15, 0.2) is 55.8 Å². The molecule has 3 atom stereocenters. The van der Waals surface area contributed by atoms with Crippen molar-refractivity contribution in [1.29, 1.82) is 0 Å². The van der Waals surface area contributed by atoms with Gasteiger partial charge >= 0.3 is 0 Å². The fourth-order valence-corrected chi connectivity index (χ4v) is 5.67. The zero-order valence-corrected chi connectivity index (χ0v) is 22.0. The van der Waals surface area contributed by atoms with Crippen LogP contribution in [-0.4, -0.2) is 55.1 Å². The molecular formula is C28H30N7OP. The summed E-state index contributed by atoms with van der Waals surface area (Å²) in [5.74, 6) is 8.10. The van der Waals surface area contributed by atoms with E-state index in [1.165, 1.54) is 12.8 Å². The van der Waals surface area contributed by atoms with Crippen molar-refractivity contribution in [2.24, 2.45) is 0 Å². The third-order valence-corrected chi connectivity index (χ3v) is 7.83. The van der Waals surface area contributed by atoms with Gasteiger partial charge < -0.3 is 19.9 Å². The molecule has 2 fully saturated rings. The molecule has 1 aromatic carbocycles. The molecule has 1 saturated heterocycles. The number of allylic oxidation sites excluding steroid dienone is 1. The summed E-state index contributed by atoms with van der Waals surface area (Å²) in [7, 11) is 4.54. The summed E-state index contributed by atoms with van der Waals surface area (Å²) in [5.41, 5.74) is 11.6. The van der Waals surface area contributed by atoms with E-state index in [2.05, 4.69) is 65.8 Å². The summed E-state index contributed by atoms with van der Waals surface area (Å²) in [5, 5.41) is 1.04. The van der Waals surface area contributed by atoms with Crippen molar-refractivity contribution in [3.05, 3.63) is 72.9 Å². The van der Waals surface area contributed by atoms with Crippen LogP contribution in [0, 0.1) is 11.8 Å². The molecule has 0 spiro atoms. The van der Waals surface area contributed by atoms with Gasteiger partial charge in [-0.3, -0.25) is 4.40 Å². The molecule has 6 rings (SSSR count). The second-order valence-corrected chi connectivity index (χ2v) is 10.4. The molecule has 9 heteroatoms. The number of hydrogen-bond acceptors (Lipinski definition) is 6. The number of nitrogens with two attached hydrogens (primary N) is 1. The number of hydrogen-bond donors (Lipinski definition) is 1. The molecule has 0 radical (unpaired) electrons. The average Bonchev–Trinajstić information content (AvgIpc) is 3.35. The van der Waals surface area contributed by atoms with Crippen molar-refractivity contribution in [3.63, 3.8) is 0 Å². The van der Waals surface area contributed by atoms with Crippen LogP contribution in [0.1, 0.15) is 48.3 Å². The zero-order valence-electron chi connectivity index (χ0n) is 20.9. The molecule has 2 N–H and O–H groups in total. The van der Waals surface area contributed by atoms with Gasteiger partial charge in [0.15, 0.2) is 5.82 Å². The highest BCUT2D eigenvalue weighted by atomic mass is 31.0. The third-order valence-electron chi connectivity index (χ3n) is 7.36. The van der Waals surface area contributed by atoms with E-state index < -0.39 is 0 Å². The van der Waals surface area contributed by atoms with Crippen LogP contribution in [0.4, 0.5) is 5.82 Å². The van der Waals surface area contributed by atoms with Gasteiger partial charge in [-0.1, -0.05) is 19.1 Å². The van der Waals surface area contributed by atoms with Crippen LogP contribution in [-0.2, 0) is 4.74 Å². The minimum Gasteiger partial charge on any atom is -0.383 e. The Morgan fingerprint density at radius 2 is 2.14 bits per heavy atom. The number of rotatable bonds is 6. The molecule has 4 aromatic rings. The van der Waals surface area contributed by atoms with Crippen molar-refractivity contribution in [2.45, 2.75) is 37.3 Å². The number of nitrogen functional groups attached to an aromatic ring is 1. The molecule has 1 saturated carbocycles. The van der Waals surface area contributed by atoms with Gasteiger partial charge in [0.05, 0.1) is 30.0 Å². The van der Waals surface area contributed by atoms with Gasteiger partial charge in [0.2, 0.25) is 0 Å². The Bertz CT molecular complexity index is 1600. The lowest BCUT2D eigenvalue weighted by Crippen LogP contribution is -2.31. The summed E-state index contributed by atoms with van der Waals surface area (Å²) in [4.78, 5) is 16.2. The zero-order chi connectivity index (χ0) is 25.7. The highest BCUT2D eigenvalue weighted by Gasteiger charge is 2.36. The number of methoxy groups -OCH3 is 1. The first-order valence-corrected chi connectivity index (χ1v) is 13.0. The summed E-state index contributed by atoms with van der Waals surface area (Å²) >= 11 is 0. The van der Waals surface area contributed by atoms with Crippen LogP contribution in [0.5, 0.6) is 0 Å². The van der Waals surface area contributed by atoms with Crippen molar-refractivity contribution in [2.75, 3.05) is 26.0 Å². The number of benzene rings is 1. The molecular weight excluding hydrogens is 481 g/mol. The number of ether oxygens (including phenoxy) is 1. The second kappa shape index (κ2) is 9.33. The molecule has 8 nitrogen and oxygen atoms in total. The Hall–Kier alpha value is -3.66. The number of imidazole rings is 2. The first-order valence-electron chi connectivity index (χ1n) is 12.5. The van der Waals surface area contributed by atoms with Crippen molar-refractivity contribution < 1.29 is 4.74 Å². The quantitative estimate of drug-likeness (QED) is 0.243. The van der Waals surface area contributed by atoms with Gasteiger partial charge in [0, 0.05) is 49.3 Å². The second-order valence-electron chi connectivity index (χ2n) is 9.80. The van der Waals surface area contributed by atoms with Gasteiger partial charge in [0.25, 0.3) is 0 Å². The van der Waals surface area contributed by atoms with Crippen LogP contribution >= 0.6 is 9.24 Å². The number of likely N-dealkylation sites (tertiary alicyclic amines) is 1. The monoisotopic (exact) mass is 511 g/mol. The predicted molar refractivity (Wildman–Crippen MR) is 150 cm³/mol. The fraction of sp³-hybridized carbons (Fsp3) is 0.321. The Kier molecular flexibility index (Phi) is 5.98. The minimum absolute atomic E-state index is 0.154.